The van der Waals surface area contributed by atoms with Gasteiger partial charge in [0.1, 0.15) is 5.76 Å². The lowest BCUT2D eigenvalue weighted by molar-refractivity contribution is -0.384. The van der Waals surface area contributed by atoms with Crippen molar-refractivity contribution >= 4 is 23.4 Å². The third-order valence-electron chi connectivity index (χ3n) is 4.87. The number of furan rings is 1. The molecule has 11 nitrogen and oxygen atoms in total. The number of amides is 3. The quantitative estimate of drug-likeness (QED) is 0.457. The molecule has 1 aromatic heterocycles. The van der Waals surface area contributed by atoms with Crippen molar-refractivity contribution in [3.63, 3.8) is 0 Å². The van der Waals surface area contributed by atoms with Gasteiger partial charge in [0, 0.05) is 43.9 Å². The van der Waals surface area contributed by atoms with Crippen molar-refractivity contribution in [1.29, 1.82) is 0 Å². The lowest BCUT2D eigenvalue weighted by atomic mass is 10.2. The van der Waals surface area contributed by atoms with E-state index >= 15 is 0 Å². The summed E-state index contributed by atoms with van der Waals surface area (Å²) >= 11 is 0. The number of nitrogens with one attached hydrogen (secondary N) is 2. The highest BCUT2D eigenvalue weighted by molar-refractivity contribution is 5.97. The van der Waals surface area contributed by atoms with E-state index in [1.165, 1.54) is 24.3 Å². The fourth-order valence-corrected chi connectivity index (χ4v) is 3.12. The van der Waals surface area contributed by atoms with Crippen molar-refractivity contribution in [3.05, 3.63) is 64.1 Å². The van der Waals surface area contributed by atoms with Crippen molar-refractivity contribution in [2.24, 2.45) is 0 Å². The van der Waals surface area contributed by atoms with Gasteiger partial charge in [-0.1, -0.05) is 0 Å². The Morgan fingerprint density at radius 1 is 1.00 bits per heavy atom. The Morgan fingerprint density at radius 3 is 2.32 bits per heavy atom. The van der Waals surface area contributed by atoms with Crippen LogP contribution in [0.3, 0.4) is 0 Å². The van der Waals surface area contributed by atoms with E-state index in [1.807, 2.05) is 12.1 Å². The molecule has 0 spiro atoms. The van der Waals surface area contributed by atoms with Crippen LogP contribution in [0.25, 0.3) is 0 Å². The Balaban J connectivity index is 1.34. The van der Waals surface area contributed by atoms with Gasteiger partial charge in [0.05, 0.1) is 30.8 Å². The zero-order valence-electron chi connectivity index (χ0n) is 16.8. The van der Waals surface area contributed by atoms with Gasteiger partial charge in [-0.25, -0.2) is 0 Å². The predicted octanol–water partition coefficient (Wildman–Crippen LogP) is 0.378. The van der Waals surface area contributed by atoms with Crippen molar-refractivity contribution in [3.8, 4) is 0 Å². The van der Waals surface area contributed by atoms with Crippen LogP contribution in [0.5, 0.6) is 0 Å². The van der Waals surface area contributed by atoms with E-state index in [-0.39, 0.29) is 30.2 Å². The first-order valence-electron chi connectivity index (χ1n) is 9.74. The van der Waals surface area contributed by atoms with Gasteiger partial charge in [-0.05, 0) is 24.3 Å². The third-order valence-corrected chi connectivity index (χ3v) is 4.87. The van der Waals surface area contributed by atoms with Gasteiger partial charge >= 0.3 is 0 Å². The largest absolute Gasteiger partial charge is 0.468 e. The number of hydrogen-bond donors (Lipinski definition) is 2. The summed E-state index contributed by atoms with van der Waals surface area (Å²) in [5, 5.41) is 15.5. The number of hydrogen-bond acceptors (Lipinski definition) is 7. The number of nitro benzene ring substituents is 1. The van der Waals surface area contributed by atoms with Crippen LogP contribution in [0.4, 0.5) is 5.69 Å². The summed E-state index contributed by atoms with van der Waals surface area (Å²) in [4.78, 5) is 50.2. The molecular weight excluding hydrogens is 406 g/mol. The second-order valence-corrected chi connectivity index (χ2v) is 7.00. The minimum atomic E-state index is -0.564. The van der Waals surface area contributed by atoms with Crippen LogP contribution < -0.4 is 10.6 Å². The molecule has 0 bridgehead atoms. The highest BCUT2D eigenvalue weighted by atomic mass is 16.6. The van der Waals surface area contributed by atoms with E-state index in [2.05, 4.69) is 15.5 Å². The molecule has 2 N–H and O–H groups in total. The smallest absolute Gasteiger partial charge is 0.269 e. The highest BCUT2D eigenvalue weighted by Crippen LogP contribution is 2.12. The van der Waals surface area contributed by atoms with Crippen molar-refractivity contribution in [1.82, 2.24) is 20.4 Å². The molecule has 0 aliphatic carbocycles. The number of rotatable bonds is 8. The molecule has 2 heterocycles. The van der Waals surface area contributed by atoms with Crippen LogP contribution in [0.1, 0.15) is 16.1 Å². The molecule has 1 aromatic carbocycles. The molecule has 2 aromatic rings. The van der Waals surface area contributed by atoms with Crippen LogP contribution in [-0.4, -0.2) is 71.7 Å². The average Bonchev–Trinajstić information content (AvgIpc) is 3.29. The normalized spacial score (nSPS) is 14.1. The maximum absolute atomic E-state index is 12.3. The number of carbonyl (C=O) groups is 3. The average molecular weight is 429 g/mol. The van der Waals surface area contributed by atoms with E-state index in [4.69, 9.17) is 4.42 Å². The summed E-state index contributed by atoms with van der Waals surface area (Å²) < 4.78 is 5.33. The molecule has 1 aliphatic heterocycles. The highest BCUT2D eigenvalue weighted by Gasteiger charge is 2.22. The first-order valence-corrected chi connectivity index (χ1v) is 9.74. The fourth-order valence-electron chi connectivity index (χ4n) is 3.12. The zero-order valence-corrected chi connectivity index (χ0v) is 16.8. The first kappa shape index (κ1) is 22.0. The molecule has 1 saturated heterocycles. The fraction of sp³-hybridized carbons (Fsp3) is 0.350. The van der Waals surface area contributed by atoms with Crippen molar-refractivity contribution < 1.29 is 23.7 Å². The summed E-state index contributed by atoms with van der Waals surface area (Å²) in [6, 6.07) is 8.78. The maximum Gasteiger partial charge on any atom is 0.269 e. The number of nitro groups is 1. The van der Waals surface area contributed by atoms with Crippen molar-refractivity contribution in [2.75, 3.05) is 39.3 Å². The molecule has 31 heavy (non-hydrogen) atoms. The monoisotopic (exact) mass is 429 g/mol. The lowest BCUT2D eigenvalue weighted by Crippen LogP contribution is -2.51. The topological polar surface area (TPSA) is 138 Å². The summed E-state index contributed by atoms with van der Waals surface area (Å²) in [5.74, 6) is -0.348. The molecule has 1 aliphatic rings. The zero-order chi connectivity index (χ0) is 22.2. The van der Waals surface area contributed by atoms with Gasteiger partial charge in [-0.3, -0.25) is 29.4 Å². The molecule has 1 fully saturated rings. The van der Waals surface area contributed by atoms with Crippen LogP contribution in [0, 0.1) is 10.1 Å². The molecule has 3 rings (SSSR count). The molecule has 0 radical (unpaired) electrons. The van der Waals surface area contributed by atoms with Gasteiger partial charge in [-0.2, -0.15) is 0 Å². The lowest BCUT2D eigenvalue weighted by Gasteiger charge is -2.34. The maximum atomic E-state index is 12.3. The molecule has 164 valence electrons. The van der Waals surface area contributed by atoms with Gasteiger partial charge < -0.3 is 20.0 Å². The summed E-state index contributed by atoms with van der Waals surface area (Å²) in [6.07, 6.45) is 1.63. The molecule has 0 atom stereocenters. The van der Waals surface area contributed by atoms with Gasteiger partial charge in [0.25, 0.3) is 11.6 Å². The van der Waals surface area contributed by atoms with E-state index in [0.29, 0.717) is 32.7 Å². The Bertz CT molecular complexity index is 920. The predicted molar refractivity (Wildman–Crippen MR) is 109 cm³/mol. The van der Waals surface area contributed by atoms with Crippen LogP contribution in [-0.2, 0) is 16.1 Å². The second-order valence-electron chi connectivity index (χ2n) is 7.00. The van der Waals surface area contributed by atoms with E-state index in [0.717, 1.165) is 5.76 Å². The molecule has 0 unspecified atom stereocenters. The SMILES string of the molecule is O=C(CNC(=O)c1ccc([N+](=O)[O-])cc1)NCC(=O)N1CCN(Cc2ccco2)CC1. The van der Waals surface area contributed by atoms with Crippen LogP contribution >= 0.6 is 0 Å². The molecule has 0 saturated carbocycles. The van der Waals surface area contributed by atoms with Gasteiger partial charge in [0.15, 0.2) is 0 Å². The number of piperazine rings is 1. The number of nitrogens with zero attached hydrogens (tertiary/aromatic N) is 3. The van der Waals surface area contributed by atoms with E-state index in [9.17, 15) is 24.5 Å². The minimum absolute atomic E-state index is 0.130. The first-order chi connectivity index (χ1) is 14.9. The van der Waals surface area contributed by atoms with Crippen LogP contribution in [0.15, 0.2) is 47.1 Å². The van der Waals surface area contributed by atoms with E-state index < -0.39 is 16.7 Å². The Kier molecular flexibility index (Phi) is 7.33. The van der Waals surface area contributed by atoms with E-state index in [1.54, 1.807) is 11.2 Å². The minimum Gasteiger partial charge on any atom is -0.468 e. The second kappa shape index (κ2) is 10.3. The van der Waals surface area contributed by atoms with Gasteiger partial charge in [0.2, 0.25) is 11.8 Å². The number of non-ortho nitro benzene ring substituents is 1. The molecule has 3 amide bonds. The Morgan fingerprint density at radius 2 is 1.71 bits per heavy atom. The molecule has 11 heteroatoms. The van der Waals surface area contributed by atoms with Crippen LogP contribution in [0.2, 0.25) is 0 Å². The third kappa shape index (κ3) is 6.37. The number of benzene rings is 1. The number of carbonyl (C=O) groups excluding carboxylic acids is 3. The summed E-state index contributed by atoms with van der Waals surface area (Å²) in [5.41, 5.74) is 0.0662. The molecular formula is C20H23N5O6. The summed E-state index contributed by atoms with van der Waals surface area (Å²) in [7, 11) is 0. The van der Waals surface area contributed by atoms with Crippen molar-refractivity contribution in [2.45, 2.75) is 6.54 Å². The summed E-state index contributed by atoms with van der Waals surface area (Å²) in [6.45, 7) is 2.79. The standard InChI is InChI=1S/C20H23N5O6/c26-18(12-22-20(28)15-3-5-16(6-4-15)25(29)30)21-13-19(27)24-9-7-23(8-10-24)14-17-2-1-11-31-17/h1-6,11H,7-10,12-14H2,(H,21,26)(H,22,28). The Labute approximate surface area is 178 Å². The Hall–Kier alpha value is -3.73. The van der Waals surface area contributed by atoms with Gasteiger partial charge in [-0.15, -0.1) is 0 Å².